The van der Waals surface area contributed by atoms with E-state index in [-0.39, 0.29) is 18.1 Å². The minimum atomic E-state index is -0.886. The Morgan fingerprint density at radius 2 is 2.22 bits per heavy atom. The molecule has 1 heterocycles. The summed E-state index contributed by atoms with van der Waals surface area (Å²) in [6, 6.07) is 3.29. The second-order valence-corrected chi connectivity index (χ2v) is 5.94. The van der Waals surface area contributed by atoms with Gasteiger partial charge < -0.3 is 19.3 Å². The molecule has 1 aliphatic rings. The highest BCUT2D eigenvalue weighted by Gasteiger charge is 2.33. The molecule has 0 bridgehead atoms. The van der Waals surface area contributed by atoms with E-state index >= 15 is 0 Å². The number of hydrogen-bond acceptors (Lipinski definition) is 6. The average Bonchev–Trinajstić information content (AvgIpc) is 2.90. The fourth-order valence-corrected chi connectivity index (χ4v) is 2.56. The number of benzene rings is 1. The molecule has 2 N–H and O–H groups in total. The van der Waals surface area contributed by atoms with Crippen LogP contribution in [0.15, 0.2) is 21.7 Å². The molecule has 1 saturated heterocycles. The lowest BCUT2D eigenvalue weighted by Crippen LogP contribution is -2.33. The van der Waals surface area contributed by atoms with Gasteiger partial charge in [-0.25, -0.2) is 5.43 Å². The van der Waals surface area contributed by atoms with Crippen LogP contribution in [0.25, 0.3) is 0 Å². The van der Waals surface area contributed by atoms with Gasteiger partial charge >= 0.3 is 0 Å². The van der Waals surface area contributed by atoms with Crippen LogP contribution in [0.4, 0.5) is 0 Å². The van der Waals surface area contributed by atoms with Crippen LogP contribution in [0.1, 0.15) is 25.8 Å². The van der Waals surface area contributed by atoms with Crippen LogP contribution >= 0.6 is 15.9 Å². The molecule has 0 spiro atoms. The van der Waals surface area contributed by atoms with E-state index < -0.39 is 5.79 Å². The van der Waals surface area contributed by atoms with Crippen LogP contribution in [0.2, 0.25) is 0 Å². The van der Waals surface area contributed by atoms with Crippen molar-refractivity contribution in [3.05, 3.63) is 22.2 Å². The molecule has 8 heteroatoms. The number of amides is 1. The van der Waals surface area contributed by atoms with Crippen LogP contribution in [-0.4, -0.2) is 42.8 Å². The Morgan fingerprint density at radius 3 is 2.87 bits per heavy atom. The third kappa shape index (κ3) is 4.92. The number of ether oxygens (including phenoxy) is 3. The molecule has 126 valence electrons. The molecular weight excluding hydrogens is 368 g/mol. The number of phenolic OH excluding ortho intramolecular Hbond substituents is 1. The van der Waals surface area contributed by atoms with Crippen molar-refractivity contribution in [3.8, 4) is 11.5 Å². The number of hydrogen-bond donors (Lipinski definition) is 2. The number of halogens is 1. The smallest absolute Gasteiger partial charge is 0.245 e. The molecule has 0 unspecified atom stereocenters. The predicted molar refractivity (Wildman–Crippen MR) is 87.6 cm³/mol. The van der Waals surface area contributed by atoms with Crippen molar-refractivity contribution >= 4 is 28.1 Å². The molecule has 0 atom stereocenters. The summed E-state index contributed by atoms with van der Waals surface area (Å²) in [6.45, 7) is 4.93. The fourth-order valence-electron chi connectivity index (χ4n) is 2.10. The van der Waals surface area contributed by atoms with Crippen molar-refractivity contribution in [1.82, 2.24) is 5.43 Å². The maximum atomic E-state index is 11.8. The Bertz CT molecular complexity index is 600. The maximum Gasteiger partial charge on any atom is 0.245 e. The largest absolute Gasteiger partial charge is 0.503 e. The third-order valence-electron chi connectivity index (χ3n) is 3.13. The fraction of sp³-hybridized carbons (Fsp3) is 0.467. The number of phenols is 1. The van der Waals surface area contributed by atoms with Crippen molar-refractivity contribution in [3.63, 3.8) is 0 Å². The maximum absolute atomic E-state index is 11.8. The van der Waals surface area contributed by atoms with Crippen LogP contribution < -0.4 is 10.2 Å². The molecule has 1 aromatic rings. The van der Waals surface area contributed by atoms with E-state index in [9.17, 15) is 9.90 Å². The number of rotatable bonds is 6. The van der Waals surface area contributed by atoms with Crippen molar-refractivity contribution in [2.75, 3.05) is 19.8 Å². The van der Waals surface area contributed by atoms with Gasteiger partial charge in [0.25, 0.3) is 0 Å². The normalized spacial score (nSPS) is 16.7. The lowest BCUT2D eigenvalue weighted by molar-refractivity contribution is -0.159. The molecule has 23 heavy (non-hydrogen) atoms. The molecular formula is C15H19BrN2O5. The number of carbonyl (C=O) groups excluding carboxylic acids is 1. The van der Waals surface area contributed by atoms with E-state index in [1.807, 2.05) is 6.92 Å². The SMILES string of the molecule is CCOc1cc(C=NNC(=O)CC2(C)OCCO2)cc(Br)c1O. The van der Waals surface area contributed by atoms with Gasteiger partial charge in [-0.2, -0.15) is 5.10 Å². The Hall–Kier alpha value is -1.64. The molecule has 1 fully saturated rings. The van der Waals surface area contributed by atoms with Gasteiger partial charge in [-0.1, -0.05) is 0 Å². The summed E-state index contributed by atoms with van der Waals surface area (Å²) in [6.07, 6.45) is 1.52. The van der Waals surface area contributed by atoms with Crippen LogP contribution in [0.5, 0.6) is 11.5 Å². The molecule has 0 radical (unpaired) electrons. The molecule has 0 aromatic heterocycles. The Labute approximate surface area is 142 Å². The van der Waals surface area contributed by atoms with Crippen molar-refractivity contribution in [1.29, 1.82) is 0 Å². The van der Waals surface area contributed by atoms with Crippen LogP contribution in [0, 0.1) is 0 Å². The van der Waals surface area contributed by atoms with Gasteiger partial charge in [-0.15, -0.1) is 0 Å². The molecule has 0 aliphatic carbocycles. The first-order chi connectivity index (χ1) is 10.9. The Balaban J connectivity index is 1.96. The van der Waals surface area contributed by atoms with E-state index in [4.69, 9.17) is 14.2 Å². The van der Waals surface area contributed by atoms with Gasteiger partial charge in [-0.05, 0) is 47.5 Å². The van der Waals surface area contributed by atoms with E-state index in [0.29, 0.717) is 35.6 Å². The first-order valence-electron chi connectivity index (χ1n) is 7.18. The molecule has 1 amide bonds. The zero-order valence-corrected chi connectivity index (χ0v) is 14.6. The lowest BCUT2D eigenvalue weighted by atomic mass is 10.2. The standard InChI is InChI=1S/C15H19BrN2O5/c1-3-21-12-7-10(6-11(16)14(12)20)9-17-18-13(19)8-15(2)22-4-5-23-15/h6-7,9,20H,3-5,8H2,1-2H3,(H,18,19). The van der Waals surface area contributed by atoms with Crippen LogP contribution in [0.3, 0.4) is 0 Å². The first kappa shape index (κ1) is 17.7. The number of nitrogens with one attached hydrogen (secondary N) is 1. The summed E-state index contributed by atoms with van der Waals surface area (Å²) < 4.78 is 16.5. The average molecular weight is 387 g/mol. The zero-order chi connectivity index (χ0) is 16.9. The van der Waals surface area contributed by atoms with Gasteiger partial charge in [0, 0.05) is 0 Å². The predicted octanol–water partition coefficient (Wildman–Crippen LogP) is 2.16. The summed E-state index contributed by atoms with van der Waals surface area (Å²) in [5.41, 5.74) is 3.09. The number of nitrogens with zero attached hydrogens (tertiary/aromatic N) is 1. The summed E-state index contributed by atoms with van der Waals surface area (Å²) in [5.74, 6) is -0.830. The van der Waals surface area contributed by atoms with Gasteiger partial charge in [-0.3, -0.25) is 4.79 Å². The number of hydrazone groups is 1. The van der Waals surface area contributed by atoms with Crippen molar-refractivity contribution in [2.24, 2.45) is 5.10 Å². The van der Waals surface area contributed by atoms with Gasteiger partial charge in [0.15, 0.2) is 17.3 Å². The molecule has 1 aliphatic heterocycles. The van der Waals surface area contributed by atoms with Gasteiger partial charge in [0.1, 0.15) is 0 Å². The summed E-state index contributed by atoms with van der Waals surface area (Å²) in [4.78, 5) is 11.8. The summed E-state index contributed by atoms with van der Waals surface area (Å²) in [7, 11) is 0. The summed E-state index contributed by atoms with van der Waals surface area (Å²) in [5, 5.41) is 13.7. The Kier molecular flexibility index (Phi) is 5.97. The molecule has 7 nitrogen and oxygen atoms in total. The quantitative estimate of drug-likeness (QED) is 0.577. The van der Waals surface area contributed by atoms with Crippen molar-refractivity contribution in [2.45, 2.75) is 26.1 Å². The summed E-state index contributed by atoms with van der Waals surface area (Å²) >= 11 is 3.24. The minimum absolute atomic E-state index is 0.0245. The monoisotopic (exact) mass is 386 g/mol. The second-order valence-electron chi connectivity index (χ2n) is 5.08. The highest BCUT2D eigenvalue weighted by molar-refractivity contribution is 9.10. The topological polar surface area (TPSA) is 89.4 Å². The van der Waals surface area contributed by atoms with Crippen LogP contribution in [-0.2, 0) is 14.3 Å². The molecule has 2 rings (SSSR count). The van der Waals surface area contributed by atoms with E-state index in [1.54, 1.807) is 19.1 Å². The first-order valence-corrected chi connectivity index (χ1v) is 7.98. The second kappa shape index (κ2) is 7.76. The van der Waals surface area contributed by atoms with Crippen molar-refractivity contribution < 1.29 is 24.1 Å². The van der Waals surface area contributed by atoms with E-state index in [0.717, 1.165) is 0 Å². The highest BCUT2D eigenvalue weighted by Crippen LogP contribution is 2.35. The number of aromatic hydroxyl groups is 1. The minimum Gasteiger partial charge on any atom is -0.503 e. The van der Waals surface area contributed by atoms with Gasteiger partial charge in [0.05, 0.1) is 36.9 Å². The molecule has 1 aromatic carbocycles. The van der Waals surface area contributed by atoms with E-state index in [2.05, 4.69) is 26.5 Å². The lowest BCUT2D eigenvalue weighted by Gasteiger charge is -2.20. The Morgan fingerprint density at radius 1 is 1.52 bits per heavy atom. The number of carbonyl (C=O) groups is 1. The van der Waals surface area contributed by atoms with E-state index in [1.165, 1.54) is 6.21 Å². The zero-order valence-electron chi connectivity index (χ0n) is 13.0. The van der Waals surface area contributed by atoms with Gasteiger partial charge in [0.2, 0.25) is 5.91 Å². The molecule has 0 saturated carbocycles. The third-order valence-corrected chi connectivity index (χ3v) is 3.74. The highest BCUT2D eigenvalue weighted by atomic mass is 79.9.